The van der Waals surface area contributed by atoms with Crippen LogP contribution in [0.15, 0.2) is 180 Å². The molecule has 218 valence electrons. The van der Waals surface area contributed by atoms with Gasteiger partial charge in [0.1, 0.15) is 0 Å². The minimum atomic E-state index is 1.23. The van der Waals surface area contributed by atoms with Crippen LogP contribution in [0.2, 0.25) is 0 Å². The van der Waals surface area contributed by atoms with Gasteiger partial charge in [-0.3, -0.25) is 0 Å². The Hall–Kier alpha value is -5.63. The molecule has 10 rings (SSSR count). The van der Waals surface area contributed by atoms with Crippen LogP contribution in [0.5, 0.6) is 0 Å². The standard InChI is InChI=1S/C46H28S/c1-2-14-34-29(10-1)11-7-19-35(34)30-22-24-32(25-23-30)44-38-15-3-5-17-40(38)45(41-18-6-4-16-39(41)44)33-26-27-36-37-20-8-12-31-13-9-21-42(46(31)37)47-43(36)28-33/h1-28H. The van der Waals surface area contributed by atoms with Crippen molar-refractivity contribution in [3.63, 3.8) is 0 Å². The Bertz CT molecular complexity index is 2630. The normalized spacial score (nSPS) is 12.2. The van der Waals surface area contributed by atoms with Crippen molar-refractivity contribution >= 4 is 54.9 Å². The van der Waals surface area contributed by atoms with Crippen LogP contribution >= 0.6 is 11.8 Å². The Labute approximate surface area is 278 Å². The molecule has 0 N–H and O–H groups in total. The van der Waals surface area contributed by atoms with Crippen LogP contribution < -0.4 is 0 Å². The molecule has 9 aromatic carbocycles. The lowest BCUT2D eigenvalue weighted by atomic mass is 9.85. The highest BCUT2D eigenvalue weighted by molar-refractivity contribution is 7.99. The molecule has 0 saturated heterocycles. The van der Waals surface area contributed by atoms with E-state index in [0.29, 0.717) is 0 Å². The lowest BCUT2D eigenvalue weighted by Gasteiger charge is -2.22. The van der Waals surface area contributed by atoms with Crippen molar-refractivity contribution in [1.82, 2.24) is 0 Å². The quantitative estimate of drug-likeness (QED) is 0.179. The molecule has 1 aliphatic rings. The highest BCUT2D eigenvalue weighted by Gasteiger charge is 2.22. The lowest BCUT2D eigenvalue weighted by Crippen LogP contribution is -1.95. The molecule has 1 aliphatic heterocycles. The van der Waals surface area contributed by atoms with Gasteiger partial charge in [-0.2, -0.15) is 0 Å². The van der Waals surface area contributed by atoms with Crippen LogP contribution in [0.25, 0.3) is 87.6 Å². The molecule has 0 aromatic heterocycles. The van der Waals surface area contributed by atoms with E-state index in [1.54, 1.807) is 0 Å². The van der Waals surface area contributed by atoms with Crippen molar-refractivity contribution < 1.29 is 0 Å². The second-order valence-corrected chi connectivity index (χ2v) is 13.5. The van der Waals surface area contributed by atoms with Gasteiger partial charge in [-0.15, -0.1) is 0 Å². The van der Waals surface area contributed by atoms with E-state index in [1.807, 2.05) is 11.8 Å². The summed E-state index contributed by atoms with van der Waals surface area (Å²) in [6, 6.07) is 62.7. The van der Waals surface area contributed by atoms with Crippen molar-refractivity contribution in [2.45, 2.75) is 9.79 Å². The van der Waals surface area contributed by atoms with Crippen molar-refractivity contribution in [3.8, 4) is 44.5 Å². The first kappa shape index (κ1) is 26.6. The fourth-order valence-electron chi connectivity index (χ4n) is 7.76. The molecule has 0 saturated carbocycles. The first-order chi connectivity index (χ1) is 23.3. The maximum atomic E-state index is 2.42. The topological polar surface area (TPSA) is 0 Å². The van der Waals surface area contributed by atoms with Crippen molar-refractivity contribution in [2.24, 2.45) is 0 Å². The summed E-state index contributed by atoms with van der Waals surface area (Å²) in [5, 5.41) is 10.3. The van der Waals surface area contributed by atoms with Crippen LogP contribution in [-0.2, 0) is 0 Å². The van der Waals surface area contributed by atoms with E-state index in [4.69, 9.17) is 0 Å². The Morgan fingerprint density at radius 3 is 1.51 bits per heavy atom. The monoisotopic (exact) mass is 612 g/mol. The second kappa shape index (κ2) is 10.5. The average Bonchev–Trinajstić information content (AvgIpc) is 3.14. The molecule has 1 heterocycles. The molecule has 47 heavy (non-hydrogen) atoms. The molecule has 9 aromatic rings. The first-order valence-electron chi connectivity index (χ1n) is 16.2. The second-order valence-electron chi connectivity index (χ2n) is 12.4. The summed E-state index contributed by atoms with van der Waals surface area (Å²) in [6.07, 6.45) is 0. The number of rotatable bonds is 3. The van der Waals surface area contributed by atoms with Crippen LogP contribution in [0, 0.1) is 0 Å². The van der Waals surface area contributed by atoms with Crippen LogP contribution in [0.3, 0.4) is 0 Å². The van der Waals surface area contributed by atoms with Crippen molar-refractivity contribution in [3.05, 3.63) is 170 Å². The number of hydrogen-bond acceptors (Lipinski definition) is 1. The highest BCUT2D eigenvalue weighted by Crippen LogP contribution is 2.50. The Balaban J connectivity index is 1.16. The molecule has 0 fully saturated rings. The molecule has 0 spiro atoms. The predicted molar refractivity (Wildman–Crippen MR) is 202 cm³/mol. The largest absolute Gasteiger partial charge is 0.0888 e. The van der Waals surface area contributed by atoms with E-state index in [-0.39, 0.29) is 0 Å². The minimum absolute atomic E-state index is 1.23. The average molecular weight is 613 g/mol. The summed E-state index contributed by atoms with van der Waals surface area (Å²) in [5.41, 5.74) is 10.2. The molecule has 1 heteroatoms. The summed E-state index contributed by atoms with van der Waals surface area (Å²) in [4.78, 5) is 2.65. The van der Waals surface area contributed by atoms with Gasteiger partial charge >= 0.3 is 0 Å². The molecule has 0 amide bonds. The van der Waals surface area contributed by atoms with Crippen molar-refractivity contribution in [1.29, 1.82) is 0 Å². The molecule has 0 atom stereocenters. The first-order valence-corrected chi connectivity index (χ1v) is 17.0. The summed E-state index contributed by atoms with van der Waals surface area (Å²) in [5.74, 6) is 0. The van der Waals surface area contributed by atoms with E-state index in [1.165, 1.54) is 97.4 Å². The maximum absolute atomic E-state index is 2.42. The zero-order valence-electron chi connectivity index (χ0n) is 25.6. The lowest BCUT2D eigenvalue weighted by molar-refractivity contribution is 1.40. The van der Waals surface area contributed by atoms with Gasteiger partial charge in [0.05, 0.1) is 0 Å². The van der Waals surface area contributed by atoms with Crippen LogP contribution in [-0.4, -0.2) is 0 Å². The third kappa shape index (κ3) is 4.10. The molecule has 0 nitrogen and oxygen atoms in total. The molecule has 0 aliphatic carbocycles. The van der Waals surface area contributed by atoms with E-state index >= 15 is 0 Å². The maximum Gasteiger partial charge on any atom is 0.0207 e. The fourth-order valence-corrected chi connectivity index (χ4v) is 8.95. The van der Waals surface area contributed by atoms with E-state index in [9.17, 15) is 0 Å². The molecule has 0 unspecified atom stereocenters. The Morgan fingerprint density at radius 1 is 0.298 bits per heavy atom. The molecular formula is C46H28S. The van der Waals surface area contributed by atoms with Crippen LogP contribution in [0.4, 0.5) is 0 Å². The fraction of sp³-hybridized carbons (Fsp3) is 0. The van der Waals surface area contributed by atoms with Gasteiger partial charge < -0.3 is 0 Å². The SMILES string of the molecule is c1ccc2c(-c3ccc(-c4c5ccccc5c(-c5ccc6c(c5)Sc5cccc7cccc-6c57)c5ccccc45)cc3)cccc2c1. The Morgan fingerprint density at radius 2 is 0.809 bits per heavy atom. The van der Waals surface area contributed by atoms with E-state index < -0.39 is 0 Å². The number of hydrogen-bond donors (Lipinski definition) is 0. The summed E-state index contributed by atoms with van der Waals surface area (Å²) < 4.78 is 0. The number of benzene rings is 9. The van der Waals surface area contributed by atoms with Gasteiger partial charge in [-0.1, -0.05) is 169 Å². The summed E-state index contributed by atoms with van der Waals surface area (Å²) in [6.45, 7) is 0. The van der Waals surface area contributed by atoms with Crippen molar-refractivity contribution in [2.75, 3.05) is 0 Å². The molecular weight excluding hydrogens is 585 g/mol. The van der Waals surface area contributed by atoms with Gasteiger partial charge in [-0.25, -0.2) is 0 Å². The predicted octanol–water partition coefficient (Wildman–Crippen LogP) is 13.4. The Kier molecular flexibility index (Phi) is 5.91. The van der Waals surface area contributed by atoms with Gasteiger partial charge in [0.2, 0.25) is 0 Å². The number of fused-ring (bicyclic) bond motifs is 5. The molecule has 0 bridgehead atoms. The summed E-state index contributed by atoms with van der Waals surface area (Å²) in [7, 11) is 0. The van der Waals surface area contributed by atoms with Gasteiger partial charge in [0, 0.05) is 15.2 Å². The summed E-state index contributed by atoms with van der Waals surface area (Å²) >= 11 is 1.89. The van der Waals surface area contributed by atoms with Gasteiger partial charge in [-0.05, 0) is 94.3 Å². The van der Waals surface area contributed by atoms with Gasteiger partial charge in [0.15, 0.2) is 0 Å². The van der Waals surface area contributed by atoms with E-state index in [2.05, 4.69) is 170 Å². The van der Waals surface area contributed by atoms with Gasteiger partial charge in [0.25, 0.3) is 0 Å². The third-order valence-electron chi connectivity index (χ3n) is 9.85. The molecule has 0 radical (unpaired) electrons. The van der Waals surface area contributed by atoms with Crippen LogP contribution in [0.1, 0.15) is 0 Å². The van der Waals surface area contributed by atoms with E-state index in [0.717, 1.165) is 0 Å². The smallest absolute Gasteiger partial charge is 0.0207 e. The highest BCUT2D eigenvalue weighted by atomic mass is 32.2. The third-order valence-corrected chi connectivity index (χ3v) is 11.0. The zero-order valence-corrected chi connectivity index (χ0v) is 26.4. The minimum Gasteiger partial charge on any atom is -0.0888 e. The zero-order chi connectivity index (χ0) is 30.9.